The summed E-state index contributed by atoms with van der Waals surface area (Å²) in [4.78, 5) is 14.9. The van der Waals surface area contributed by atoms with Gasteiger partial charge in [0.15, 0.2) is 0 Å². The zero-order valence-corrected chi connectivity index (χ0v) is 13.8. The number of quaternary nitrogens is 2. The van der Waals surface area contributed by atoms with E-state index in [9.17, 15) is 13.6 Å². The fourth-order valence-electron chi connectivity index (χ4n) is 2.53. The Labute approximate surface area is 139 Å². The smallest absolute Gasteiger partial charge is 0.420 e. The molecule has 0 radical (unpaired) electrons. The van der Waals surface area contributed by atoms with Crippen molar-refractivity contribution in [1.29, 1.82) is 0 Å². The normalized spacial score (nSPS) is 21.7. The van der Waals surface area contributed by atoms with Gasteiger partial charge in [0.2, 0.25) is 5.91 Å². The average molecular weight is 350 g/mol. The molecule has 23 heavy (non-hydrogen) atoms. The summed E-state index contributed by atoms with van der Waals surface area (Å²) in [6.45, 7) is 5.22. The van der Waals surface area contributed by atoms with Crippen molar-refractivity contribution >= 4 is 23.2 Å². The average Bonchev–Trinajstić information content (AvgIpc) is 2.47. The highest BCUT2D eigenvalue weighted by Crippen LogP contribution is 2.25. The van der Waals surface area contributed by atoms with Gasteiger partial charge in [-0.25, -0.2) is 0 Å². The highest BCUT2D eigenvalue weighted by Gasteiger charge is 2.27. The minimum absolute atomic E-state index is 0.0626. The summed E-state index contributed by atoms with van der Waals surface area (Å²) in [5, 5.41) is 2.75. The number of likely N-dealkylation sites (N-methyl/N-ethyl adjacent to an activating group) is 1. The van der Waals surface area contributed by atoms with Crippen LogP contribution in [0, 0.1) is 0 Å². The molecule has 1 aliphatic heterocycles. The molecule has 1 saturated heterocycles. The Hall–Kier alpha value is -1.44. The van der Waals surface area contributed by atoms with Crippen molar-refractivity contribution in [3.05, 3.63) is 24.3 Å². The maximum absolute atomic E-state index is 12.5. The molecule has 0 unspecified atom stereocenters. The van der Waals surface area contributed by atoms with Crippen LogP contribution in [0.25, 0.3) is 0 Å². The minimum Gasteiger partial charge on any atom is -0.420 e. The summed E-state index contributed by atoms with van der Waals surface area (Å²) >= 11 is 4.69. The topological polar surface area (TPSA) is 47.2 Å². The van der Waals surface area contributed by atoms with Gasteiger partial charge in [0.1, 0.15) is 31.9 Å². The number of ether oxygens (including phenoxy) is 1. The Balaban J connectivity index is 1.74. The lowest BCUT2D eigenvalue weighted by atomic mass is 10.2. The molecule has 3 N–H and O–H groups in total. The van der Waals surface area contributed by atoms with Crippen molar-refractivity contribution in [3.63, 3.8) is 0 Å². The van der Waals surface area contributed by atoms with E-state index in [2.05, 4.69) is 28.7 Å². The molecular weight excluding hydrogens is 328 g/mol. The van der Waals surface area contributed by atoms with Crippen molar-refractivity contribution in [2.75, 3.05) is 45.1 Å². The molecule has 0 bridgehead atoms. The van der Waals surface area contributed by atoms with Gasteiger partial charge < -0.3 is 19.9 Å². The van der Waals surface area contributed by atoms with E-state index >= 15 is 0 Å². The minimum atomic E-state index is -3.74. The van der Waals surface area contributed by atoms with Crippen LogP contribution in [0.1, 0.15) is 6.42 Å². The Morgan fingerprint density at radius 1 is 1.26 bits per heavy atom. The molecule has 1 fully saturated rings. The zero-order chi connectivity index (χ0) is 16.9. The number of halogens is 3. The molecule has 0 aliphatic carbocycles. The van der Waals surface area contributed by atoms with Gasteiger partial charge in [-0.2, -0.15) is 0 Å². The number of hydrogen-bond acceptors (Lipinski definition) is 2. The molecule has 1 heterocycles. The van der Waals surface area contributed by atoms with Crippen LogP contribution in [0.4, 0.5) is 14.5 Å². The third-order valence-electron chi connectivity index (χ3n) is 3.89. The van der Waals surface area contributed by atoms with Gasteiger partial charge in [-0.15, -0.1) is 8.78 Å². The standard InChI is InChI=1S/C15H20ClF2N3O2/c1-20-8-10-21(11-9-20)7-6-14(22)19-12-2-4-13(5-3-12)23-15(16,17)18/h2-5H,6-11H2,1H3,(H,19,22)/p+2. The number of piperazine rings is 1. The second kappa shape index (κ2) is 7.90. The first kappa shape index (κ1) is 17.9. The summed E-state index contributed by atoms with van der Waals surface area (Å²) in [5.74, 6) is -0.146. The van der Waals surface area contributed by atoms with E-state index < -0.39 is 5.57 Å². The SMILES string of the molecule is C[NH+]1CC[NH+](CCC(=O)Nc2ccc(OC(F)(F)Cl)cc2)CC1. The van der Waals surface area contributed by atoms with Crippen LogP contribution in [0.2, 0.25) is 0 Å². The number of carbonyl (C=O) groups is 1. The van der Waals surface area contributed by atoms with Gasteiger partial charge >= 0.3 is 5.57 Å². The molecule has 0 spiro atoms. The third-order valence-corrected chi connectivity index (χ3v) is 3.97. The number of alkyl halides is 3. The lowest BCUT2D eigenvalue weighted by Crippen LogP contribution is -3.27. The van der Waals surface area contributed by atoms with Crippen LogP contribution in [-0.2, 0) is 4.79 Å². The second-order valence-electron chi connectivity index (χ2n) is 5.83. The molecule has 5 nitrogen and oxygen atoms in total. The molecule has 1 aromatic rings. The van der Waals surface area contributed by atoms with Crippen molar-refractivity contribution in [2.24, 2.45) is 0 Å². The first-order valence-corrected chi connectivity index (χ1v) is 8.00. The van der Waals surface area contributed by atoms with E-state index in [0.717, 1.165) is 32.7 Å². The first-order valence-electron chi connectivity index (χ1n) is 7.62. The predicted molar refractivity (Wildman–Crippen MR) is 83.3 cm³/mol. The summed E-state index contributed by atoms with van der Waals surface area (Å²) < 4.78 is 29.2. The monoisotopic (exact) mass is 349 g/mol. The zero-order valence-electron chi connectivity index (χ0n) is 13.0. The van der Waals surface area contributed by atoms with E-state index in [0.29, 0.717) is 12.1 Å². The van der Waals surface area contributed by atoms with E-state index in [4.69, 9.17) is 0 Å². The van der Waals surface area contributed by atoms with Crippen LogP contribution in [0.15, 0.2) is 24.3 Å². The third kappa shape index (κ3) is 6.68. The Morgan fingerprint density at radius 2 is 1.87 bits per heavy atom. The van der Waals surface area contributed by atoms with Gasteiger partial charge in [0, 0.05) is 17.3 Å². The fraction of sp³-hybridized carbons (Fsp3) is 0.533. The van der Waals surface area contributed by atoms with Crippen LogP contribution < -0.4 is 19.9 Å². The van der Waals surface area contributed by atoms with Crippen molar-refractivity contribution in [3.8, 4) is 5.75 Å². The molecule has 1 aromatic carbocycles. The van der Waals surface area contributed by atoms with E-state index in [-0.39, 0.29) is 11.7 Å². The Morgan fingerprint density at radius 3 is 2.43 bits per heavy atom. The van der Waals surface area contributed by atoms with Crippen molar-refractivity contribution < 1.29 is 28.1 Å². The van der Waals surface area contributed by atoms with Gasteiger partial charge in [0.05, 0.1) is 20.0 Å². The fourth-order valence-corrected chi connectivity index (χ4v) is 2.62. The Bertz CT molecular complexity index is 514. The second-order valence-corrected chi connectivity index (χ2v) is 6.27. The quantitative estimate of drug-likeness (QED) is 0.612. The largest absolute Gasteiger partial charge is 0.487 e. The van der Waals surface area contributed by atoms with E-state index in [1.54, 1.807) is 0 Å². The van der Waals surface area contributed by atoms with Crippen LogP contribution in [-0.4, -0.2) is 51.2 Å². The highest BCUT2D eigenvalue weighted by molar-refractivity contribution is 6.20. The maximum atomic E-state index is 12.5. The van der Waals surface area contributed by atoms with Crippen molar-refractivity contribution in [1.82, 2.24) is 0 Å². The number of hydrogen-bond donors (Lipinski definition) is 3. The van der Waals surface area contributed by atoms with Crippen LogP contribution >= 0.6 is 11.6 Å². The number of anilines is 1. The van der Waals surface area contributed by atoms with E-state index in [1.165, 1.54) is 34.1 Å². The van der Waals surface area contributed by atoms with Gasteiger partial charge in [-0.3, -0.25) is 4.79 Å². The molecule has 1 aliphatic rings. The molecule has 0 atom stereocenters. The highest BCUT2D eigenvalue weighted by atomic mass is 35.5. The predicted octanol–water partition coefficient (Wildman–Crippen LogP) is -0.404. The summed E-state index contributed by atoms with van der Waals surface area (Å²) in [7, 11) is 2.18. The molecule has 128 valence electrons. The number of nitrogens with one attached hydrogen (secondary N) is 3. The Kier molecular flexibility index (Phi) is 6.15. The number of benzene rings is 1. The van der Waals surface area contributed by atoms with Crippen molar-refractivity contribution in [2.45, 2.75) is 12.0 Å². The lowest BCUT2D eigenvalue weighted by molar-refractivity contribution is -1.00. The molecular formula is C15H22ClF2N3O2+2. The maximum Gasteiger partial charge on any atom is 0.487 e. The molecule has 0 aromatic heterocycles. The number of amides is 1. The summed E-state index contributed by atoms with van der Waals surface area (Å²) in [6.07, 6.45) is 0.437. The van der Waals surface area contributed by atoms with Crippen LogP contribution in [0.5, 0.6) is 5.75 Å². The first-order chi connectivity index (χ1) is 10.8. The molecule has 8 heteroatoms. The lowest BCUT2D eigenvalue weighted by Gasteiger charge is -2.27. The molecule has 1 amide bonds. The van der Waals surface area contributed by atoms with Crippen LogP contribution in [0.3, 0.4) is 0 Å². The van der Waals surface area contributed by atoms with E-state index in [1.807, 2.05) is 0 Å². The summed E-state index contributed by atoms with van der Waals surface area (Å²) in [6, 6.07) is 5.67. The van der Waals surface area contributed by atoms with Gasteiger partial charge in [0.25, 0.3) is 0 Å². The molecule has 2 rings (SSSR count). The summed E-state index contributed by atoms with van der Waals surface area (Å²) in [5.41, 5.74) is -3.20. The number of carbonyl (C=O) groups excluding carboxylic acids is 1. The number of rotatable bonds is 6. The van der Waals surface area contributed by atoms with Gasteiger partial charge in [-0.1, -0.05) is 0 Å². The van der Waals surface area contributed by atoms with Gasteiger partial charge in [-0.05, 0) is 24.3 Å². The molecule has 0 saturated carbocycles.